The van der Waals surface area contributed by atoms with E-state index in [-0.39, 0.29) is 18.0 Å². The first-order chi connectivity index (χ1) is 22.2. The number of hydrogen-bond donors (Lipinski definition) is 1. The molecular formula is C32H31F4N3O5S3. The van der Waals surface area contributed by atoms with E-state index in [0.717, 1.165) is 45.3 Å². The molecule has 4 aromatic rings. The van der Waals surface area contributed by atoms with Crippen molar-refractivity contribution in [1.29, 1.82) is 0 Å². The van der Waals surface area contributed by atoms with Crippen molar-refractivity contribution in [3.63, 3.8) is 0 Å². The second kappa shape index (κ2) is 14.3. The molecule has 8 nitrogen and oxygen atoms in total. The number of thiazole rings is 1. The molecule has 1 saturated heterocycles. The molecule has 0 saturated carbocycles. The van der Waals surface area contributed by atoms with E-state index in [1.807, 2.05) is 19.1 Å². The van der Waals surface area contributed by atoms with Crippen molar-refractivity contribution in [3.05, 3.63) is 94.2 Å². The molecule has 1 aliphatic rings. The minimum atomic E-state index is -4.45. The number of aliphatic carboxylic acids is 1. The molecule has 250 valence electrons. The average Bonchev–Trinajstić information content (AvgIpc) is 3.43. The molecule has 1 aliphatic heterocycles. The molecule has 47 heavy (non-hydrogen) atoms. The maximum absolute atomic E-state index is 13.3. The Morgan fingerprint density at radius 3 is 2.30 bits per heavy atom. The second-order valence-electron chi connectivity index (χ2n) is 10.9. The molecule has 1 aromatic heterocycles. The van der Waals surface area contributed by atoms with Gasteiger partial charge in [-0.25, -0.2) is 22.6 Å². The van der Waals surface area contributed by atoms with E-state index in [0.29, 0.717) is 41.7 Å². The van der Waals surface area contributed by atoms with E-state index in [4.69, 9.17) is 14.8 Å². The SMILES string of the molecule is Cc1cc(SCc2sc(-c3ccc(C(F)(F)F)cc3)nc2CN2CCN(S(=O)(=O)c3ccc(F)cc3)CC2)ccc1OC(C)C(=O)O. The fourth-order valence-electron chi connectivity index (χ4n) is 4.87. The largest absolute Gasteiger partial charge is 0.479 e. The molecule has 0 radical (unpaired) electrons. The highest BCUT2D eigenvalue weighted by molar-refractivity contribution is 7.98. The number of hydrogen-bond acceptors (Lipinski definition) is 8. The Morgan fingerprint density at radius 2 is 1.70 bits per heavy atom. The lowest BCUT2D eigenvalue weighted by Crippen LogP contribution is -2.48. The zero-order valence-corrected chi connectivity index (χ0v) is 27.8. The van der Waals surface area contributed by atoms with Crippen LogP contribution in [0.3, 0.4) is 0 Å². The van der Waals surface area contributed by atoms with E-state index in [2.05, 4.69) is 4.90 Å². The summed E-state index contributed by atoms with van der Waals surface area (Å²) in [6.45, 7) is 5.00. The van der Waals surface area contributed by atoms with E-state index in [9.17, 15) is 30.8 Å². The molecule has 0 bridgehead atoms. The third kappa shape index (κ3) is 8.51. The maximum atomic E-state index is 13.3. The minimum absolute atomic E-state index is 0.0265. The van der Waals surface area contributed by atoms with Gasteiger partial charge in [0.05, 0.1) is 16.2 Å². The Hall–Kier alpha value is -3.50. The third-order valence-electron chi connectivity index (χ3n) is 7.56. The predicted molar refractivity (Wildman–Crippen MR) is 171 cm³/mol. The van der Waals surface area contributed by atoms with Gasteiger partial charge in [0.1, 0.15) is 16.6 Å². The topological polar surface area (TPSA) is 100 Å². The number of carbonyl (C=O) groups is 1. The van der Waals surface area contributed by atoms with Crippen LogP contribution in [0.5, 0.6) is 5.75 Å². The molecule has 1 fully saturated rings. The monoisotopic (exact) mass is 709 g/mol. The van der Waals surface area contributed by atoms with Gasteiger partial charge >= 0.3 is 12.1 Å². The lowest BCUT2D eigenvalue weighted by Gasteiger charge is -2.33. The number of rotatable bonds is 11. The van der Waals surface area contributed by atoms with Crippen molar-refractivity contribution in [2.24, 2.45) is 0 Å². The molecule has 5 rings (SSSR count). The molecule has 2 heterocycles. The number of nitrogens with zero attached hydrogens (tertiary/aromatic N) is 3. The molecule has 0 spiro atoms. The zero-order valence-electron chi connectivity index (χ0n) is 25.3. The molecular weight excluding hydrogens is 679 g/mol. The number of piperazine rings is 1. The Morgan fingerprint density at radius 1 is 1.04 bits per heavy atom. The van der Waals surface area contributed by atoms with Crippen LogP contribution in [0.15, 0.2) is 76.5 Å². The van der Waals surface area contributed by atoms with Gasteiger partial charge in [-0.05, 0) is 74.0 Å². The fourth-order valence-corrected chi connectivity index (χ4v) is 8.47. The highest BCUT2D eigenvalue weighted by Crippen LogP contribution is 2.37. The molecule has 0 aliphatic carbocycles. The van der Waals surface area contributed by atoms with Crippen LogP contribution >= 0.6 is 23.1 Å². The van der Waals surface area contributed by atoms with Crippen molar-refractivity contribution >= 4 is 39.1 Å². The number of thioether (sulfide) groups is 1. The number of sulfonamides is 1. The van der Waals surface area contributed by atoms with Crippen LogP contribution in [0, 0.1) is 12.7 Å². The summed E-state index contributed by atoms with van der Waals surface area (Å²) in [5.41, 5.74) is 1.33. The number of alkyl halides is 3. The van der Waals surface area contributed by atoms with E-state index in [1.165, 1.54) is 58.6 Å². The number of carboxylic acids is 1. The quantitative estimate of drug-likeness (QED) is 0.132. The lowest BCUT2D eigenvalue weighted by molar-refractivity contribution is -0.144. The van der Waals surface area contributed by atoms with Crippen molar-refractivity contribution in [3.8, 4) is 16.3 Å². The van der Waals surface area contributed by atoms with Gasteiger partial charge in [-0.3, -0.25) is 4.90 Å². The van der Waals surface area contributed by atoms with Crippen LogP contribution in [0.4, 0.5) is 17.6 Å². The Labute approximate surface area is 278 Å². The van der Waals surface area contributed by atoms with Crippen LogP contribution in [-0.4, -0.2) is 66.0 Å². The molecule has 0 amide bonds. The Balaban J connectivity index is 1.32. The highest BCUT2D eigenvalue weighted by Gasteiger charge is 2.31. The fraction of sp³-hybridized carbons (Fsp3) is 0.312. The van der Waals surface area contributed by atoms with E-state index >= 15 is 0 Å². The number of aryl methyl sites for hydroxylation is 1. The van der Waals surface area contributed by atoms with Crippen molar-refractivity contribution in [2.45, 2.75) is 48.2 Å². The summed E-state index contributed by atoms with van der Waals surface area (Å²) in [5.74, 6) is -0.612. The normalized spacial score (nSPS) is 15.4. The average molecular weight is 710 g/mol. The zero-order chi connectivity index (χ0) is 33.9. The van der Waals surface area contributed by atoms with Crippen LogP contribution in [0.25, 0.3) is 10.6 Å². The molecule has 1 unspecified atom stereocenters. The molecule has 15 heteroatoms. The van der Waals surface area contributed by atoms with Gasteiger partial charge in [-0.1, -0.05) is 12.1 Å². The number of benzene rings is 3. The van der Waals surface area contributed by atoms with Gasteiger partial charge in [0.25, 0.3) is 0 Å². The Kier molecular flexibility index (Phi) is 10.6. The maximum Gasteiger partial charge on any atom is 0.416 e. The van der Waals surface area contributed by atoms with Gasteiger partial charge in [0.2, 0.25) is 10.0 Å². The number of halogens is 4. The van der Waals surface area contributed by atoms with Gasteiger partial charge in [0.15, 0.2) is 6.10 Å². The first-order valence-electron chi connectivity index (χ1n) is 14.5. The number of aromatic nitrogens is 1. The summed E-state index contributed by atoms with van der Waals surface area (Å²) in [6, 6.07) is 15.0. The summed E-state index contributed by atoms with van der Waals surface area (Å²) >= 11 is 2.92. The predicted octanol–water partition coefficient (Wildman–Crippen LogP) is 6.93. The van der Waals surface area contributed by atoms with Gasteiger partial charge in [-0.15, -0.1) is 23.1 Å². The van der Waals surface area contributed by atoms with Crippen LogP contribution in [-0.2, 0) is 33.3 Å². The van der Waals surface area contributed by atoms with Gasteiger partial charge in [-0.2, -0.15) is 17.5 Å². The highest BCUT2D eigenvalue weighted by atomic mass is 32.2. The summed E-state index contributed by atoms with van der Waals surface area (Å²) < 4.78 is 85.9. The van der Waals surface area contributed by atoms with E-state index < -0.39 is 39.7 Å². The lowest BCUT2D eigenvalue weighted by atomic mass is 10.1. The first kappa shape index (κ1) is 34.8. The van der Waals surface area contributed by atoms with Crippen LogP contribution in [0.2, 0.25) is 0 Å². The van der Waals surface area contributed by atoms with Crippen LogP contribution < -0.4 is 4.74 Å². The summed E-state index contributed by atoms with van der Waals surface area (Å²) in [7, 11) is -3.78. The standard InChI is InChI=1S/C32H31F4N3O5S3/c1-20-17-25(9-12-28(20)44-21(2)31(40)41)45-19-29-27(37-30(46-29)22-3-5-23(6-4-22)32(34,35)36)18-38-13-15-39(16-14-38)47(42,43)26-10-7-24(33)8-11-26/h3-12,17,21H,13-16,18-19H2,1-2H3,(H,40,41). The summed E-state index contributed by atoms with van der Waals surface area (Å²) in [4.78, 5) is 19.9. The minimum Gasteiger partial charge on any atom is -0.479 e. The van der Waals surface area contributed by atoms with Crippen LogP contribution in [0.1, 0.15) is 28.6 Å². The first-order valence-corrected chi connectivity index (χ1v) is 17.7. The number of ether oxygens (including phenoxy) is 1. The second-order valence-corrected chi connectivity index (χ2v) is 15.0. The van der Waals surface area contributed by atoms with Crippen molar-refractivity contribution in [1.82, 2.24) is 14.2 Å². The van der Waals surface area contributed by atoms with E-state index in [1.54, 1.807) is 6.07 Å². The molecule has 1 N–H and O–H groups in total. The Bertz CT molecular complexity index is 1820. The van der Waals surface area contributed by atoms with Gasteiger partial charge in [0, 0.05) is 53.8 Å². The third-order valence-corrected chi connectivity index (χ3v) is 11.8. The molecule has 1 atom stereocenters. The summed E-state index contributed by atoms with van der Waals surface area (Å²) in [5, 5.41) is 9.73. The summed E-state index contributed by atoms with van der Waals surface area (Å²) in [6.07, 6.45) is -5.45. The molecule has 3 aromatic carbocycles. The smallest absolute Gasteiger partial charge is 0.416 e. The van der Waals surface area contributed by atoms with Crippen molar-refractivity contribution < 1.29 is 40.6 Å². The van der Waals surface area contributed by atoms with Gasteiger partial charge < -0.3 is 9.84 Å². The van der Waals surface area contributed by atoms with Crippen molar-refractivity contribution in [2.75, 3.05) is 26.2 Å². The number of carboxylic acid groups (broad SMARTS) is 1.